The van der Waals surface area contributed by atoms with Crippen LogP contribution in [0.4, 0.5) is 0 Å². The molecule has 0 aromatic carbocycles. The molecule has 0 unspecified atom stereocenters. The first-order chi connectivity index (χ1) is 6.59. The Labute approximate surface area is 89.9 Å². The van der Waals surface area contributed by atoms with Gasteiger partial charge in [0.2, 0.25) is 0 Å². The van der Waals surface area contributed by atoms with E-state index < -0.39 is 0 Å². The number of hydrogen-bond donors (Lipinski definition) is 0. The van der Waals surface area contributed by atoms with Crippen LogP contribution in [0.5, 0.6) is 0 Å². The van der Waals surface area contributed by atoms with Crippen LogP contribution < -0.4 is 0 Å². The molecule has 1 aliphatic rings. The average molecular weight is 197 g/mol. The van der Waals surface area contributed by atoms with E-state index in [1.165, 1.54) is 32.4 Å². The molecule has 0 aliphatic heterocycles. The van der Waals surface area contributed by atoms with Crippen LogP contribution >= 0.6 is 0 Å². The quantitative estimate of drug-likeness (QED) is 0.651. The van der Waals surface area contributed by atoms with E-state index in [0.717, 1.165) is 12.0 Å². The summed E-state index contributed by atoms with van der Waals surface area (Å²) in [5.74, 6) is 0.860. The molecule has 1 fully saturated rings. The Hall–Kier alpha value is -0.0400. The van der Waals surface area contributed by atoms with E-state index in [1.807, 2.05) is 0 Å². The van der Waals surface area contributed by atoms with Crippen LogP contribution in [-0.2, 0) is 0 Å². The first-order valence-corrected chi connectivity index (χ1v) is 6.33. The van der Waals surface area contributed by atoms with Crippen LogP contribution in [0.2, 0.25) is 0 Å². The maximum absolute atomic E-state index is 2.62. The van der Waals surface area contributed by atoms with Crippen LogP contribution in [0, 0.1) is 11.3 Å². The van der Waals surface area contributed by atoms with Gasteiger partial charge in [-0.05, 0) is 37.3 Å². The van der Waals surface area contributed by atoms with Gasteiger partial charge < -0.3 is 4.90 Å². The van der Waals surface area contributed by atoms with Crippen molar-refractivity contribution in [1.82, 2.24) is 4.90 Å². The lowest BCUT2D eigenvalue weighted by Gasteiger charge is -2.54. The highest BCUT2D eigenvalue weighted by molar-refractivity contribution is 4.99. The summed E-state index contributed by atoms with van der Waals surface area (Å²) < 4.78 is 0. The van der Waals surface area contributed by atoms with E-state index in [9.17, 15) is 0 Å². The molecule has 14 heavy (non-hydrogen) atoms. The lowest BCUT2D eigenvalue weighted by Crippen LogP contribution is -2.52. The van der Waals surface area contributed by atoms with Crippen LogP contribution in [0.25, 0.3) is 0 Å². The van der Waals surface area contributed by atoms with Gasteiger partial charge in [-0.3, -0.25) is 0 Å². The van der Waals surface area contributed by atoms with Crippen molar-refractivity contribution >= 4 is 0 Å². The minimum atomic E-state index is 0.674. The summed E-state index contributed by atoms with van der Waals surface area (Å²) in [7, 11) is 0. The molecular formula is C13H27N. The van der Waals surface area contributed by atoms with Gasteiger partial charge >= 0.3 is 0 Å². The van der Waals surface area contributed by atoms with E-state index >= 15 is 0 Å². The molecular weight excluding hydrogens is 170 g/mol. The number of hydrogen-bond acceptors (Lipinski definition) is 1. The van der Waals surface area contributed by atoms with Crippen molar-refractivity contribution in [2.24, 2.45) is 11.3 Å². The van der Waals surface area contributed by atoms with Gasteiger partial charge in [0.05, 0.1) is 0 Å². The van der Waals surface area contributed by atoms with E-state index in [2.05, 4.69) is 39.5 Å². The van der Waals surface area contributed by atoms with Crippen molar-refractivity contribution in [2.75, 3.05) is 13.1 Å². The largest absolute Gasteiger partial charge is 0.301 e. The second-order valence-corrected chi connectivity index (χ2v) is 5.15. The summed E-state index contributed by atoms with van der Waals surface area (Å²) in [5.41, 5.74) is 0.674. The SMILES string of the molecule is CCN(CC)C1CC(CC)(C(C)C)C1. The Balaban J connectivity index is 2.47. The molecule has 1 rings (SSSR count). The van der Waals surface area contributed by atoms with E-state index in [-0.39, 0.29) is 0 Å². The lowest BCUT2D eigenvalue weighted by atomic mass is 9.57. The zero-order valence-electron chi connectivity index (χ0n) is 10.6. The number of nitrogens with zero attached hydrogens (tertiary/aromatic N) is 1. The molecule has 84 valence electrons. The maximum atomic E-state index is 2.62. The van der Waals surface area contributed by atoms with Crippen molar-refractivity contribution < 1.29 is 0 Å². The van der Waals surface area contributed by atoms with Gasteiger partial charge in [-0.1, -0.05) is 41.0 Å². The van der Waals surface area contributed by atoms with E-state index in [1.54, 1.807) is 0 Å². The zero-order chi connectivity index (χ0) is 10.8. The molecule has 0 aromatic heterocycles. The van der Waals surface area contributed by atoms with Gasteiger partial charge in [0.25, 0.3) is 0 Å². The van der Waals surface area contributed by atoms with Crippen LogP contribution in [0.15, 0.2) is 0 Å². The molecule has 0 heterocycles. The Morgan fingerprint density at radius 2 is 1.64 bits per heavy atom. The number of rotatable bonds is 5. The third-order valence-electron chi connectivity index (χ3n) is 4.54. The minimum absolute atomic E-state index is 0.674. The Bertz CT molecular complexity index is 164. The van der Waals surface area contributed by atoms with Gasteiger partial charge in [-0.25, -0.2) is 0 Å². The van der Waals surface area contributed by atoms with Crippen LogP contribution in [0.3, 0.4) is 0 Å². The summed E-state index contributed by atoms with van der Waals surface area (Å²) in [6.45, 7) is 14.1. The van der Waals surface area contributed by atoms with Crippen LogP contribution in [0.1, 0.15) is 53.9 Å². The molecule has 1 saturated carbocycles. The fourth-order valence-corrected chi connectivity index (χ4v) is 3.05. The third kappa shape index (κ3) is 1.98. The van der Waals surface area contributed by atoms with Crippen molar-refractivity contribution in [3.05, 3.63) is 0 Å². The fourth-order valence-electron chi connectivity index (χ4n) is 3.05. The molecule has 0 amide bonds. The minimum Gasteiger partial charge on any atom is -0.301 e. The zero-order valence-corrected chi connectivity index (χ0v) is 10.6. The van der Waals surface area contributed by atoms with Crippen LogP contribution in [-0.4, -0.2) is 24.0 Å². The summed E-state index contributed by atoms with van der Waals surface area (Å²) in [5, 5.41) is 0. The molecule has 0 aromatic rings. The van der Waals surface area contributed by atoms with Crippen molar-refractivity contribution in [3.8, 4) is 0 Å². The summed E-state index contributed by atoms with van der Waals surface area (Å²) in [6.07, 6.45) is 4.23. The fraction of sp³-hybridized carbons (Fsp3) is 1.00. The normalized spacial score (nSPS) is 32.4. The molecule has 1 heteroatoms. The second-order valence-electron chi connectivity index (χ2n) is 5.15. The first kappa shape index (κ1) is 12.0. The van der Waals surface area contributed by atoms with E-state index in [4.69, 9.17) is 0 Å². The van der Waals surface area contributed by atoms with Gasteiger partial charge in [0, 0.05) is 6.04 Å². The summed E-state index contributed by atoms with van der Waals surface area (Å²) in [4.78, 5) is 2.62. The average Bonchev–Trinajstić information content (AvgIpc) is 2.10. The Morgan fingerprint density at radius 3 is 1.93 bits per heavy atom. The van der Waals surface area contributed by atoms with Gasteiger partial charge in [-0.2, -0.15) is 0 Å². The predicted octanol–water partition coefficient (Wildman–Crippen LogP) is 3.54. The highest BCUT2D eigenvalue weighted by Crippen LogP contribution is 2.51. The summed E-state index contributed by atoms with van der Waals surface area (Å²) >= 11 is 0. The standard InChI is InChI=1S/C13H27N/c1-6-13(11(4)5)9-12(10-13)14(7-2)8-3/h11-12H,6-10H2,1-5H3. The highest BCUT2D eigenvalue weighted by atomic mass is 15.2. The van der Waals surface area contributed by atoms with Gasteiger partial charge in [-0.15, -0.1) is 0 Å². The van der Waals surface area contributed by atoms with Crippen molar-refractivity contribution in [3.63, 3.8) is 0 Å². The molecule has 0 atom stereocenters. The molecule has 0 spiro atoms. The monoisotopic (exact) mass is 197 g/mol. The predicted molar refractivity (Wildman–Crippen MR) is 63.5 cm³/mol. The molecule has 1 nitrogen and oxygen atoms in total. The lowest BCUT2D eigenvalue weighted by molar-refractivity contribution is -0.0319. The molecule has 1 aliphatic carbocycles. The topological polar surface area (TPSA) is 3.24 Å². The third-order valence-corrected chi connectivity index (χ3v) is 4.54. The highest BCUT2D eigenvalue weighted by Gasteiger charge is 2.46. The maximum Gasteiger partial charge on any atom is 0.0106 e. The Kier molecular flexibility index (Phi) is 4.00. The molecule has 0 N–H and O–H groups in total. The molecule has 0 radical (unpaired) electrons. The van der Waals surface area contributed by atoms with Crippen molar-refractivity contribution in [1.29, 1.82) is 0 Å². The molecule has 0 saturated heterocycles. The second kappa shape index (κ2) is 4.65. The summed E-state index contributed by atoms with van der Waals surface area (Å²) in [6, 6.07) is 0.882. The van der Waals surface area contributed by atoms with Crippen molar-refractivity contribution in [2.45, 2.75) is 59.9 Å². The smallest absolute Gasteiger partial charge is 0.0106 e. The molecule has 0 bridgehead atoms. The van der Waals surface area contributed by atoms with Gasteiger partial charge in [0.15, 0.2) is 0 Å². The van der Waals surface area contributed by atoms with E-state index in [0.29, 0.717) is 5.41 Å². The first-order valence-electron chi connectivity index (χ1n) is 6.33. The Morgan fingerprint density at radius 1 is 1.14 bits per heavy atom. The van der Waals surface area contributed by atoms with Gasteiger partial charge in [0.1, 0.15) is 0 Å².